The molecule has 0 aromatic rings. The standard InChI is InChI=1S/C23H51N3O4/c1-6-8-15-29-19-22(27)17-25(4)13-10-11-21(24-3)12-14-26(5)18-23(28)20-30-16-9-7-2/h21-24,27-28H,6-20H2,1-5H3. The van der Waals surface area contributed by atoms with Crippen molar-refractivity contribution in [3.8, 4) is 0 Å². The van der Waals surface area contributed by atoms with Gasteiger partial charge in [-0.05, 0) is 66.3 Å². The Morgan fingerprint density at radius 1 is 0.767 bits per heavy atom. The Hall–Kier alpha value is -0.280. The van der Waals surface area contributed by atoms with Crippen LogP contribution in [0.3, 0.4) is 0 Å². The maximum absolute atomic E-state index is 10.1. The molecule has 0 aliphatic carbocycles. The number of ether oxygens (including phenoxy) is 2. The summed E-state index contributed by atoms with van der Waals surface area (Å²) in [6.07, 6.45) is 6.72. The second-order valence-corrected chi connectivity index (χ2v) is 8.61. The van der Waals surface area contributed by atoms with E-state index in [0.29, 0.717) is 32.3 Å². The average molecular weight is 434 g/mol. The molecule has 0 fully saturated rings. The molecule has 0 spiro atoms. The van der Waals surface area contributed by atoms with Crippen LogP contribution in [0.25, 0.3) is 0 Å². The number of hydrogen-bond donors (Lipinski definition) is 3. The Morgan fingerprint density at radius 3 is 1.73 bits per heavy atom. The molecule has 0 heterocycles. The number of nitrogens with zero attached hydrogens (tertiary/aromatic N) is 2. The molecule has 7 nitrogen and oxygen atoms in total. The van der Waals surface area contributed by atoms with Crippen LogP contribution in [0.5, 0.6) is 0 Å². The first kappa shape index (κ1) is 29.7. The van der Waals surface area contributed by atoms with E-state index in [0.717, 1.165) is 71.2 Å². The topological polar surface area (TPSA) is 77.4 Å². The highest BCUT2D eigenvalue weighted by atomic mass is 16.5. The first-order chi connectivity index (χ1) is 14.4. The molecular weight excluding hydrogens is 382 g/mol. The van der Waals surface area contributed by atoms with Crippen molar-refractivity contribution in [1.29, 1.82) is 0 Å². The maximum atomic E-state index is 10.1. The number of rotatable bonds is 22. The van der Waals surface area contributed by atoms with Crippen molar-refractivity contribution in [2.45, 2.75) is 77.0 Å². The Kier molecular flexibility index (Phi) is 20.4. The average Bonchev–Trinajstić information content (AvgIpc) is 2.71. The van der Waals surface area contributed by atoms with Crippen molar-refractivity contribution in [3.05, 3.63) is 0 Å². The minimum atomic E-state index is -0.425. The molecule has 30 heavy (non-hydrogen) atoms. The van der Waals surface area contributed by atoms with E-state index < -0.39 is 12.2 Å². The third kappa shape index (κ3) is 18.5. The fraction of sp³-hybridized carbons (Fsp3) is 1.00. The molecule has 182 valence electrons. The minimum absolute atomic E-state index is 0.418. The second-order valence-electron chi connectivity index (χ2n) is 8.61. The Balaban J connectivity index is 3.85. The zero-order chi connectivity index (χ0) is 22.6. The van der Waals surface area contributed by atoms with Crippen molar-refractivity contribution in [2.24, 2.45) is 0 Å². The maximum Gasteiger partial charge on any atom is 0.0900 e. The first-order valence-electron chi connectivity index (χ1n) is 12.0. The smallest absolute Gasteiger partial charge is 0.0900 e. The molecule has 0 radical (unpaired) electrons. The largest absolute Gasteiger partial charge is 0.389 e. The highest BCUT2D eigenvalue weighted by molar-refractivity contribution is 4.70. The van der Waals surface area contributed by atoms with Crippen LogP contribution in [0.4, 0.5) is 0 Å². The molecule has 3 unspecified atom stereocenters. The van der Waals surface area contributed by atoms with Crippen LogP contribution in [-0.4, -0.2) is 112 Å². The zero-order valence-electron chi connectivity index (χ0n) is 20.4. The van der Waals surface area contributed by atoms with E-state index in [1.54, 1.807) is 0 Å². The molecule has 7 heteroatoms. The van der Waals surface area contributed by atoms with Gasteiger partial charge in [0, 0.05) is 32.3 Å². The fourth-order valence-electron chi connectivity index (χ4n) is 3.36. The Bertz CT molecular complexity index is 363. The van der Waals surface area contributed by atoms with E-state index in [4.69, 9.17) is 9.47 Å². The van der Waals surface area contributed by atoms with Gasteiger partial charge in [-0.2, -0.15) is 0 Å². The zero-order valence-corrected chi connectivity index (χ0v) is 20.4. The third-order valence-electron chi connectivity index (χ3n) is 5.31. The van der Waals surface area contributed by atoms with Gasteiger partial charge in [-0.15, -0.1) is 0 Å². The van der Waals surface area contributed by atoms with Crippen molar-refractivity contribution < 1.29 is 19.7 Å². The van der Waals surface area contributed by atoms with Crippen LogP contribution < -0.4 is 5.32 Å². The number of unbranched alkanes of at least 4 members (excludes halogenated alkanes) is 2. The second kappa shape index (κ2) is 20.6. The lowest BCUT2D eigenvalue weighted by Gasteiger charge is -2.25. The predicted molar refractivity (Wildman–Crippen MR) is 125 cm³/mol. The number of hydrogen-bond acceptors (Lipinski definition) is 7. The van der Waals surface area contributed by atoms with Gasteiger partial charge < -0.3 is 34.8 Å². The van der Waals surface area contributed by atoms with Crippen molar-refractivity contribution >= 4 is 0 Å². The summed E-state index contributed by atoms with van der Waals surface area (Å²) in [4.78, 5) is 4.36. The van der Waals surface area contributed by atoms with Crippen LogP contribution in [0.2, 0.25) is 0 Å². The summed E-state index contributed by atoms with van der Waals surface area (Å²) in [5.41, 5.74) is 0. The van der Waals surface area contributed by atoms with E-state index in [1.165, 1.54) is 0 Å². The molecule has 3 N–H and O–H groups in total. The van der Waals surface area contributed by atoms with Crippen LogP contribution in [0.1, 0.15) is 58.8 Å². The lowest BCUT2D eigenvalue weighted by Crippen LogP contribution is -2.37. The van der Waals surface area contributed by atoms with Crippen LogP contribution in [0.15, 0.2) is 0 Å². The molecule has 0 aliphatic rings. The summed E-state index contributed by atoms with van der Waals surface area (Å²) in [5, 5.41) is 23.5. The third-order valence-corrected chi connectivity index (χ3v) is 5.31. The first-order valence-corrected chi connectivity index (χ1v) is 12.0. The lowest BCUT2D eigenvalue weighted by atomic mass is 10.1. The van der Waals surface area contributed by atoms with Crippen LogP contribution >= 0.6 is 0 Å². The molecule has 0 saturated heterocycles. The molecule has 3 atom stereocenters. The number of aliphatic hydroxyl groups is 2. The van der Waals surface area contributed by atoms with Gasteiger partial charge in [0.15, 0.2) is 0 Å². The van der Waals surface area contributed by atoms with Crippen LogP contribution in [0, 0.1) is 0 Å². The highest BCUT2D eigenvalue weighted by Gasteiger charge is 2.13. The minimum Gasteiger partial charge on any atom is -0.389 e. The monoisotopic (exact) mass is 433 g/mol. The summed E-state index contributed by atoms with van der Waals surface area (Å²) >= 11 is 0. The Morgan fingerprint density at radius 2 is 1.27 bits per heavy atom. The van der Waals surface area contributed by atoms with Gasteiger partial charge >= 0.3 is 0 Å². The van der Waals surface area contributed by atoms with Gasteiger partial charge in [-0.1, -0.05) is 26.7 Å². The fourth-order valence-corrected chi connectivity index (χ4v) is 3.36. The molecule has 0 saturated carbocycles. The molecule has 0 aliphatic heterocycles. The highest BCUT2D eigenvalue weighted by Crippen LogP contribution is 2.05. The molecule has 0 amide bonds. The van der Waals surface area contributed by atoms with Gasteiger partial charge in [0.1, 0.15) is 0 Å². The summed E-state index contributed by atoms with van der Waals surface area (Å²) in [7, 11) is 6.13. The van der Waals surface area contributed by atoms with E-state index >= 15 is 0 Å². The summed E-state index contributed by atoms with van der Waals surface area (Å²) < 4.78 is 11.0. The van der Waals surface area contributed by atoms with Crippen molar-refractivity contribution in [3.63, 3.8) is 0 Å². The van der Waals surface area contributed by atoms with E-state index in [9.17, 15) is 10.2 Å². The number of likely N-dealkylation sites (N-methyl/N-ethyl adjacent to an activating group) is 2. The van der Waals surface area contributed by atoms with Gasteiger partial charge in [0.05, 0.1) is 25.4 Å². The molecule has 0 aromatic carbocycles. The van der Waals surface area contributed by atoms with Crippen molar-refractivity contribution in [2.75, 3.05) is 73.7 Å². The number of nitrogens with one attached hydrogen (secondary N) is 1. The summed E-state index contributed by atoms with van der Waals surface area (Å²) in [5.74, 6) is 0. The quantitative estimate of drug-likeness (QED) is 0.225. The number of aliphatic hydroxyl groups excluding tert-OH is 2. The van der Waals surface area contributed by atoms with Crippen LogP contribution in [-0.2, 0) is 9.47 Å². The SMILES string of the molecule is CCCCOCC(O)CN(C)CCCC(CCN(C)CC(O)COCCCC)NC. The van der Waals surface area contributed by atoms with Gasteiger partial charge in [0.25, 0.3) is 0 Å². The van der Waals surface area contributed by atoms with Crippen molar-refractivity contribution in [1.82, 2.24) is 15.1 Å². The molecular formula is C23H51N3O4. The predicted octanol–water partition coefficient (Wildman–Crippen LogP) is 1.96. The summed E-state index contributed by atoms with van der Waals surface area (Å²) in [6.45, 7) is 9.79. The molecule has 0 rings (SSSR count). The Labute approximate surface area is 186 Å². The van der Waals surface area contributed by atoms with Gasteiger partial charge in [0.2, 0.25) is 0 Å². The molecule has 0 aromatic heterocycles. The summed E-state index contributed by atoms with van der Waals surface area (Å²) in [6, 6.07) is 0.459. The van der Waals surface area contributed by atoms with Gasteiger partial charge in [-0.25, -0.2) is 0 Å². The van der Waals surface area contributed by atoms with E-state index in [2.05, 4.69) is 43.1 Å². The lowest BCUT2D eigenvalue weighted by molar-refractivity contribution is 0.0189. The van der Waals surface area contributed by atoms with Gasteiger partial charge in [-0.3, -0.25) is 0 Å². The normalized spacial score (nSPS) is 15.1. The van der Waals surface area contributed by atoms with E-state index in [1.807, 2.05) is 7.05 Å². The van der Waals surface area contributed by atoms with E-state index in [-0.39, 0.29) is 0 Å². The molecule has 0 bridgehead atoms.